The van der Waals surface area contributed by atoms with Crippen LogP contribution in [0.15, 0.2) is 54.9 Å². The molecule has 5 nitrogen and oxygen atoms in total. The van der Waals surface area contributed by atoms with E-state index >= 15 is 0 Å². The van der Waals surface area contributed by atoms with Crippen LogP contribution in [0.25, 0.3) is 0 Å². The normalized spacial score (nSPS) is 17.7. The Hall–Kier alpha value is -2.69. The Morgan fingerprint density at radius 3 is 2.63 bits per heavy atom. The van der Waals surface area contributed by atoms with Crippen molar-refractivity contribution in [3.8, 4) is 0 Å². The molecule has 2 heterocycles. The van der Waals surface area contributed by atoms with Crippen LogP contribution in [0.4, 0.5) is 0 Å². The van der Waals surface area contributed by atoms with Crippen molar-refractivity contribution in [1.82, 2.24) is 14.8 Å². The quantitative estimate of drug-likeness (QED) is 0.791. The molecule has 0 unspecified atom stereocenters. The van der Waals surface area contributed by atoms with Crippen molar-refractivity contribution in [2.75, 3.05) is 13.1 Å². The Balaban J connectivity index is 1.64. The van der Waals surface area contributed by atoms with Crippen LogP contribution in [-0.2, 0) is 22.6 Å². The van der Waals surface area contributed by atoms with Crippen LogP contribution in [-0.4, -0.2) is 45.7 Å². The molecule has 1 aromatic carbocycles. The third kappa shape index (κ3) is 5.16. The maximum absolute atomic E-state index is 12.7. The van der Waals surface area contributed by atoms with Crippen LogP contribution in [0.2, 0.25) is 0 Å². The standard InChI is InChI=1S/C22H27N3O2/c1-2-20-17-24(21(26)11-10-18-9-6-13-23-15-18)14-12-22(27)25(20)16-19-7-4-3-5-8-19/h3-9,13,15,20H,2,10-12,14,16-17H2,1H3/t20-/m1/s1. The minimum atomic E-state index is 0.0579. The Morgan fingerprint density at radius 2 is 1.93 bits per heavy atom. The zero-order chi connectivity index (χ0) is 19.1. The lowest BCUT2D eigenvalue weighted by atomic mass is 10.1. The topological polar surface area (TPSA) is 53.5 Å². The summed E-state index contributed by atoms with van der Waals surface area (Å²) in [6, 6.07) is 14.0. The fraction of sp³-hybridized carbons (Fsp3) is 0.409. The van der Waals surface area contributed by atoms with Gasteiger partial charge in [0.1, 0.15) is 0 Å². The van der Waals surface area contributed by atoms with Crippen molar-refractivity contribution in [2.24, 2.45) is 0 Å². The number of aryl methyl sites for hydroxylation is 1. The Bertz CT molecular complexity index is 749. The monoisotopic (exact) mass is 365 g/mol. The number of hydrogen-bond acceptors (Lipinski definition) is 3. The van der Waals surface area contributed by atoms with E-state index in [1.807, 2.05) is 52.3 Å². The lowest BCUT2D eigenvalue weighted by Crippen LogP contribution is -2.43. The number of benzene rings is 1. The Labute approximate surface area is 161 Å². The fourth-order valence-corrected chi connectivity index (χ4v) is 3.55. The number of amides is 2. The molecule has 2 aromatic rings. The molecule has 1 aliphatic rings. The molecule has 1 aliphatic heterocycles. The van der Waals surface area contributed by atoms with Crippen LogP contribution in [0.1, 0.15) is 37.3 Å². The molecule has 0 spiro atoms. The fourth-order valence-electron chi connectivity index (χ4n) is 3.55. The summed E-state index contributed by atoms with van der Waals surface area (Å²) < 4.78 is 0. The smallest absolute Gasteiger partial charge is 0.224 e. The van der Waals surface area contributed by atoms with Gasteiger partial charge in [-0.1, -0.05) is 43.3 Å². The van der Waals surface area contributed by atoms with Crippen LogP contribution in [0.5, 0.6) is 0 Å². The van der Waals surface area contributed by atoms with Crippen LogP contribution in [0, 0.1) is 0 Å². The lowest BCUT2D eigenvalue weighted by Gasteiger charge is -2.31. The minimum absolute atomic E-state index is 0.0579. The zero-order valence-corrected chi connectivity index (χ0v) is 15.9. The van der Waals surface area contributed by atoms with Gasteiger partial charge >= 0.3 is 0 Å². The van der Waals surface area contributed by atoms with E-state index < -0.39 is 0 Å². The first-order chi connectivity index (χ1) is 13.2. The van der Waals surface area contributed by atoms with Gasteiger partial charge in [-0.3, -0.25) is 14.6 Å². The summed E-state index contributed by atoms with van der Waals surface area (Å²) >= 11 is 0. The maximum Gasteiger partial charge on any atom is 0.224 e. The van der Waals surface area contributed by atoms with Crippen LogP contribution < -0.4 is 0 Å². The molecule has 0 N–H and O–H groups in total. The van der Waals surface area contributed by atoms with Gasteiger partial charge in [-0.2, -0.15) is 0 Å². The van der Waals surface area contributed by atoms with Gasteiger partial charge in [-0.05, 0) is 30.0 Å². The first-order valence-corrected chi connectivity index (χ1v) is 9.67. The van der Waals surface area contributed by atoms with Gasteiger partial charge in [0.05, 0.1) is 0 Å². The number of hydrogen-bond donors (Lipinski definition) is 0. The first-order valence-electron chi connectivity index (χ1n) is 9.67. The first kappa shape index (κ1) is 19.1. The van der Waals surface area contributed by atoms with E-state index in [0.29, 0.717) is 38.9 Å². The van der Waals surface area contributed by atoms with Crippen LogP contribution >= 0.6 is 0 Å². The molecule has 1 fully saturated rings. The largest absolute Gasteiger partial charge is 0.340 e. The molecule has 1 aromatic heterocycles. The van der Waals surface area contributed by atoms with Gasteiger partial charge in [-0.25, -0.2) is 0 Å². The molecule has 2 amide bonds. The van der Waals surface area contributed by atoms with Gasteiger partial charge < -0.3 is 9.80 Å². The highest BCUT2D eigenvalue weighted by Gasteiger charge is 2.30. The average molecular weight is 365 g/mol. The highest BCUT2D eigenvalue weighted by Crippen LogP contribution is 2.18. The van der Waals surface area contributed by atoms with Crippen molar-refractivity contribution < 1.29 is 9.59 Å². The lowest BCUT2D eigenvalue weighted by molar-refractivity contribution is -0.133. The molecule has 0 bridgehead atoms. The number of carbonyl (C=O) groups is 2. The summed E-state index contributed by atoms with van der Waals surface area (Å²) in [6.07, 6.45) is 5.90. The van der Waals surface area contributed by atoms with Crippen molar-refractivity contribution >= 4 is 11.8 Å². The van der Waals surface area contributed by atoms with E-state index in [-0.39, 0.29) is 17.9 Å². The summed E-state index contributed by atoms with van der Waals surface area (Å²) in [5.41, 5.74) is 2.19. The van der Waals surface area contributed by atoms with Crippen molar-refractivity contribution in [2.45, 2.75) is 45.2 Å². The Morgan fingerprint density at radius 1 is 1.15 bits per heavy atom. The van der Waals surface area contributed by atoms with Gasteiger partial charge in [0.15, 0.2) is 0 Å². The summed E-state index contributed by atoms with van der Waals surface area (Å²) in [5.74, 6) is 0.250. The van der Waals surface area contributed by atoms with E-state index in [9.17, 15) is 9.59 Å². The van der Waals surface area contributed by atoms with Gasteiger partial charge in [-0.15, -0.1) is 0 Å². The molecule has 3 rings (SSSR count). The SMILES string of the molecule is CC[C@@H]1CN(C(=O)CCc2cccnc2)CCC(=O)N1Cc1ccccc1. The van der Waals surface area contributed by atoms with E-state index in [1.165, 1.54) is 0 Å². The number of pyridine rings is 1. The van der Waals surface area contributed by atoms with E-state index in [2.05, 4.69) is 11.9 Å². The molecular weight excluding hydrogens is 338 g/mol. The van der Waals surface area contributed by atoms with Gasteiger partial charge in [0, 0.05) is 50.9 Å². The number of rotatable bonds is 6. The second kappa shape index (κ2) is 9.31. The Kier molecular flexibility index (Phi) is 6.58. The second-order valence-corrected chi connectivity index (χ2v) is 7.02. The summed E-state index contributed by atoms with van der Waals surface area (Å²) in [7, 11) is 0. The predicted octanol–water partition coefficient (Wildman–Crippen LogP) is 3.05. The minimum Gasteiger partial charge on any atom is -0.340 e. The van der Waals surface area contributed by atoms with E-state index in [0.717, 1.165) is 17.5 Å². The maximum atomic E-state index is 12.7. The molecule has 142 valence electrons. The number of nitrogens with zero attached hydrogens (tertiary/aromatic N) is 3. The molecule has 27 heavy (non-hydrogen) atoms. The summed E-state index contributed by atoms with van der Waals surface area (Å²) in [4.78, 5) is 33.4. The van der Waals surface area contributed by atoms with Gasteiger partial charge in [0.25, 0.3) is 0 Å². The van der Waals surface area contributed by atoms with Crippen molar-refractivity contribution in [1.29, 1.82) is 0 Å². The summed E-state index contributed by atoms with van der Waals surface area (Å²) in [6.45, 7) is 3.81. The van der Waals surface area contributed by atoms with E-state index in [1.54, 1.807) is 12.4 Å². The molecule has 0 radical (unpaired) electrons. The molecular formula is C22H27N3O2. The van der Waals surface area contributed by atoms with Gasteiger partial charge in [0.2, 0.25) is 11.8 Å². The second-order valence-electron chi connectivity index (χ2n) is 7.02. The van der Waals surface area contributed by atoms with Crippen molar-refractivity contribution in [3.63, 3.8) is 0 Å². The predicted molar refractivity (Wildman–Crippen MR) is 105 cm³/mol. The summed E-state index contributed by atoms with van der Waals surface area (Å²) in [5, 5.41) is 0. The number of carbonyl (C=O) groups excluding carboxylic acids is 2. The highest BCUT2D eigenvalue weighted by atomic mass is 16.2. The number of aromatic nitrogens is 1. The highest BCUT2D eigenvalue weighted by molar-refractivity contribution is 5.80. The van der Waals surface area contributed by atoms with Crippen LogP contribution in [0.3, 0.4) is 0 Å². The molecule has 1 atom stereocenters. The molecule has 0 saturated carbocycles. The third-order valence-electron chi connectivity index (χ3n) is 5.16. The molecule has 0 aliphatic carbocycles. The molecule has 1 saturated heterocycles. The third-order valence-corrected chi connectivity index (χ3v) is 5.16. The van der Waals surface area contributed by atoms with E-state index in [4.69, 9.17) is 0 Å². The molecule has 5 heteroatoms. The average Bonchev–Trinajstić information content (AvgIpc) is 2.87. The van der Waals surface area contributed by atoms with Crippen molar-refractivity contribution in [3.05, 3.63) is 66.0 Å². The zero-order valence-electron chi connectivity index (χ0n) is 15.9.